The van der Waals surface area contributed by atoms with Gasteiger partial charge in [0.2, 0.25) is 4.77 Å². The topological polar surface area (TPSA) is 68.1 Å². The second-order valence-corrected chi connectivity index (χ2v) is 5.15. The van der Waals surface area contributed by atoms with Crippen molar-refractivity contribution in [1.82, 2.24) is 19.9 Å². The minimum Gasteiger partial charge on any atom is -0.496 e. The number of benzene rings is 1. The van der Waals surface area contributed by atoms with Crippen molar-refractivity contribution in [2.75, 3.05) is 7.11 Å². The normalized spacial score (nSPS) is 11.4. The van der Waals surface area contributed by atoms with E-state index in [1.807, 2.05) is 48.6 Å². The van der Waals surface area contributed by atoms with Crippen molar-refractivity contribution in [3.8, 4) is 17.1 Å². The number of hydrogen-bond acceptors (Lipinski definition) is 5. The van der Waals surface area contributed by atoms with E-state index in [1.165, 1.54) is 0 Å². The Hall–Kier alpha value is -3.06. The second-order valence-electron chi connectivity index (χ2n) is 4.77. The number of para-hydroxylation sites is 1. The van der Waals surface area contributed by atoms with Crippen LogP contribution in [0.25, 0.3) is 17.5 Å². The summed E-state index contributed by atoms with van der Waals surface area (Å²) in [6, 6.07) is 11.5. The smallest absolute Gasteiger partial charge is 0.216 e. The molecular weight excluding hydrogens is 322 g/mol. The highest BCUT2D eigenvalue weighted by Crippen LogP contribution is 2.18. The molecule has 0 saturated carbocycles. The van der Waals surface area contributed by atoms with E-state index in [4.69, 9.17) is 17.0 Å². The summed E-state index contributed by atoms with van der Waals surface area (Å²) in [4.78, 5) is 4.00. The van der Waals surface area contributed by atoms with Gasteiger partial charge in [0, 0.05) is 29.7 Å². The lowest BCUT2D eigenvalue weighted by Crippen LogP contribution is -1.93. The number of aromatic nitrogens is 4. The Morgan fingerprint density at radius 3 is 2.79 bits per heavy atom. The number of nitrogens with one attached hydrogen (secondary N) is 1. The van der Waals surface area contributed by atoms with E-state index in [1.54, 1.807) is 30.4 Å². The second kappa shape index (κ2) is 7.47. The molecule has 2 aromatic heterocycles. The summed E-state index contributed by atoms with van der Waals surface area (Å²) in [5.74, 6) is 1.43. The third kappa shape index (κ3) is 3.47. The molecule has 2 heterocycles. The molecule has 1 N–H and O–H groups in total. The predicted molar refractivity (Wildman–Crippen MR) is 96.6 cm³/mol. The Balaban J connectivity index is 1.84. The largest absolute Gasteiger partial charge is 0.496 e. The molecule has 0 radical (unpaired) electrons. The lowest BCUT2D eigenvalue weighted by atomic mass is 10.2. The number of ether oxygens (including phenoxy) is 1. The van der Waals surface area contributed by atoms with Crippen molar-refractivity contribution >= 4 is 24.5 Å². The quantitative estimate of drug-likeness (QED) is 0.571. The van der Waals surface area contributed by atoms with Gasteiger partial charge in [0.1, 0.15) is 5.75 Å². The molecule has 3 aromatic rings. The fourth-order valence-electron chi connectivity index (χ4n) is 2.14. The zero-order chi connectivity index (χ0) is 16.8. The van der Waals surface area contributed by atoms with Gasteiger partial charge in [-0.3, -0.25) is 4.98 Å². The predicted octanol–water partition coefficient (Wildman–Crippen LogP) is 3.56. The molecule has 6 nitrogen and oxygen atoms in total. The Morgan fingerprint density at radius 2 is 2.00 bits per heavy atom. The number of aromatic amines is 1. The maximum atomic E-state index is 5.31. The van der Waals surface area contributed by atoms with Crippen LogP contribution in [-0.2, 0) is 0 Å². The molecule has 0 amide bonds. The Kier molecular flexibility index (Phi) is 4.93. The van der Waals surface area contributed by atoms with E-state index in [0.717, 1.165) is 16.9 Å². The first-order valence-electron chi connectivity index (χ1n) is 7.21. The summed E-state index contributed by atoms with van der Waals surface area (Å²) >= 11 is 5.23. The highest BCUT2D eigenvalue weighted by atomic mass is 32.1. The van der Waals surface area contributed by atoms with Gasteiger partial charge in [0.25, 0.3) is 0 Å². The molecule has 0 aliphatic heterocycles. The zero-order valence-electron chi connectivity index (χ0n) is 13.0. The third-order valence-electron chi connectivity index (χ3n) is 3.27. The molecule has 0 aliphatic rings. The van der Waals surface area contributed by atoms with Gasteiger partial charge in [-0.05, 0) is 42.6 Å². The van der Waals surface area contributed by atoms with Crippen LogP contribution in [-0.4, -0.2) is 33.2 Å². The lowest BCUT2D eigenvalue weighted by molar-refractivity contribution is 0.414. The first kappa shape index (κ1) is 15.8. The standard InChI is InChI=1S/C17H15N5OS/c1-23-15-7-3-2-5-13(15)6-4-10-19-22-16(20-21-17(22)24)14-8-11-18-12-9-14/h2-12H,1H3,(H,21,24)/b6-4+,19-10?. The summed E-state index contributed by atoms with van der Waals surface area (Å²) < 4.78 is 7.29. The maximum Gasteiger partial charge on any atom is 0.216 e. The molecular formula is C17H15N5OS. The molecule has 0 atom stereocenters. The molecule has 120 valence electrons. The number of pyridine rings is 1. The molecule has 0 bridgehead atoms. The van der Waals surface area contributed by atoms with Gasteiger partial charge in [0.15, 0.2) is 5.82 Å². The van der Waals surface area contributed by atoms with Gasteiger partial charge < -0.3 is 4.74 Å². The van der Waals surface area contributed by atoms with Crippen LogP contribution in [0.2, 0.25) is 0 Å². The lowest BCUT2D eigenvalue weighted by Gasteiger charge is -2.02. The Labute approximate surface area is 144 Å². The van der Waals surface area contributed by atoms with Gasteiger partial charge in [0.05, 0.1) is 7.11 Å². The number of methoxy groups -OCH3 is 1. The van der Waals surface area contributed by atoms with Crippen LogP contribution in [0.3, 0.4) is 0 Å². The van der Waals surface area contributed by atoms with Crippen LogP contribution in [0.5, 0.6) is 5.75 Å². The Bertz CT molecular complexity index is 927. The van der Waals surface area contributed by atoms with E-state index < -0.39 is 0 Å². The van der Waals surface area contributed by atoms with Gasteiger partial charge in [-0.15, -0.1) is 0 Å². The van der Waals surface area contributed by atoms with Crippen molar-refractivity contribution in [3.05, 3.63) is 65.2 Å². The summed E-state index contributed by atoms with van der Waals surface area (Å²) in [7, 11) is 1.65. The molecule has 0 saturated heterocycles. The molecule has 0 fully saturated rings. The average Bonchev–Trinajstić information content (AvgIpc) is 3.00. The number of allylic oxidation sites excluding steroid dienone is 1. The molecule has 0 spiro atoms. The van der Waals surface area contributed by atoms with E-state index >= 15 is 0 Å². The number of rotatable bonds is 5. The van der Waals surface area contributed by atoms with E-state index in [9.17, 15) is 0 Å². The van der Waals surface area contributed by atoms with Crippen molar-refractivity contribution in [1.29, 1.82) is 0 Å². The van der Waals surface area contributed by atoms with Crippen LogP contribution < -0.4 is 4.74 Å². The van der Waals surface area contributed by atoms with Crippen molar-refractivity contribution < 1.29 is 4.74 Å². The van der Waals surface area contributed by atoms with Gasteiger partial charge in [-0.25, -0.2) is 5.10 Å². The fourth-order valence-corrected chi connectivity index (χ4v) is 2.32. The summed E-state index contributed by atoms with van der Waals surface area (Å²) in [6.45, 7) is 0. The minimum absolute atomic E-state index is 0.420. The maximum absolute atomic E-state index is 5.31. The molecule has 3 rings (SSSR count). The van der Waals surface area contributed by atoms with Crippen LogP contribution in [0.15, 0.2) is 60.0 Å². The molecule has 24 heavy (non-hydrogen) atoms. The van der Waals surface area contributed by atoms with Crippen molar-refractivity contribution in [2.24, 2.45) is 5.10 Å². The number of hydrogen-bond donors (Lipinski definition) is 1. The van der Waals surface area contributed by atoms with Crippen LogP contribution in [0.4, 0.5) is 0 Å². The Morgan fingerprint density at radius 1 is 1.21 bits per heavy atom. The molecule has 0 aliphatic carbocycles. The minimum atomic E-state index is 0.420. The van der Waals surface area contributed by atoms with Crippen LogP contribution in [0.1, 0.15) is 5.56 Å². The number of H-pyrrole nitrogens is 1. The number of nitrogens with zero attached hydrogens (tertiary/aromatic N) is 4. The summed E-state index contributed by atoms with van der Waals surface area (Å²) in [6.07, 6.45) is 8.79. The third-order valence-corrected chi connectivity index (χ3v) is 3.54. The van der Waals surface area contributed by atoms with Gasteiger partial charge in [-0.1, -0.05) is 18.2 Å². The van der Waals surface area contributed by atoms with Crippen LogP contribution in [0, 0.1) is 4.77 Å². The van der Waals surface area contributed by atoms with Gasteiger partial charge >= 0.3 is 0 Å². The van der Waals surface area contributed by atoms with Crippen molar-refractivity contribution in [3.63, 3.8) is 0 Å². The van der Waals surface area contributed by atoms with Gasteiger partial charge in [-0.2, -0.15) is 14.9 Å². The van der Waals surface area contributed by atoms with E-state index in [2.05, 4.69) is 20.3 Å². The van der Waals surface area contributed by atoms with Crippen LogP contribution >= 0.6 is 12.2 Å². The first-order valence-corrected chi connectivity index (χ1v) is 7.62. The van der Waals surface area contributed by atoms with Crippen molar-refractivity contribution in [2.45, 2.75) is 0 Å². The highest BCUT2D eigenvalue weighted by molar-refractivity contribution is 7.71. The SMILES string of the molecule is COc1ccccc1/C=C/C=Nn1c(-c2ccncc2)n[nH]c1=S. The summed E-state index contributed by atoms with van der Waals surface area (Å²) in [5, 5.41) is 11.3. The average molecular weight is 337 g/mol. The molecule has 0 unspecified atom stereocenters. The zero-order valence-corrected chi connectivity index (χ0v) is 13.8. The first-order chi connectivity index (χ1) is 11.8. The molecule has 1 aromatic carbocycles. The molecule has 7 heteroatoms. The monoisotopic (exact) mass is 337 g/mol. The van der Waals surface area contributed by atoms with E-state index in [-0.39, 0.29) is 0 Å². The van der Waals surface area contributed by atoms with E-state index in [0.29, 0.717) is 10.6 Å². The highest BCUT2D eigenvalue weighted by Gasteiger charge is 2.06. The fraction of sp³-hybridized carbons (Fsp3) is 0.0588. The summed E-state index contributed by atoms with van der Waals surface area (Å²) in [5.41, 5.74) is 1.85.